The fraction of sp³-hybridized carbons (Fsp3) is 0.700. The molecule has 3 heteroatoms. The quantitative estimate of drug-likeness (QED) is 0.711. The first-order valence-electron chi connectivity index (χ1n) is 4.98. The molecular weight excluding hydrogens is 164 g/mol. The van der Waals surface area contributed by atoms with E-state index in [1.807, 2.05) is 6.20 Å². The van der Waals surface area contributed by atoms with Crippen molar-refractivity contribution in [1.29, 1.82) is 0 Å². The van der Waals surface area contributed by atoms with Crippen LogP contribution in [0.2, 0.25) is 0 Å². The first-order valence-corrected chi connectivity index (χ1v) is 4.98. The lowest BCUT2D eigenvalue weighted by Gasteiger charge is -2.25. The van der Waals surface area contributed by atoms with E-state index in [2.05, 4.69) is 11.8 Å². The van der Waals surface area contributed by atoms with E-state index >= 15 is 0 Å². The highest BCUT2D eigenvalue weighted by atomic mass is 16.1. The highest BCUT2D eigenvalue weighted by Gasteiger charge is 2.12. The van der Waals surface area contributed by atoms with Gasteiger partial charge in [-0.05, 0) is 19.3 Å². The average molecular weight is 182 g/mol. The van der Waals surface area contributed by atoms with Crippen molar-refractivity contribution in [2.24, 2.45) is 5.73 Å². The zero-order chi connectivity index (χ0) is 9.68. The summed E-state index contributed by atoms with van der Waals surface area (Å²) in [4.78, 5) is 13.1. The topological polar surface area (TPSA) is 46.3 Å². The Kier molecular flexibility index (Phi) is 3.80. The SMILES string of the molecule is CCCCN1C=C(C(N)=O)CCC1. The van der Waals surface area contributed by atoms with E-state index in [0.29, 0.717) is 0 Å². The molecule has 0 aromatic heterocycles. The van der Waals surface area contributed by atoms with Gasteiger partial charge < -0.3 is 10.6 Å². The molecule has 74 valence electrons. The molecule has 0 saturated heterocycles. The summed E-state index contributed by atoms with van der Waals surface area (Å²) in [5.74, 6) is -0.263. The number of primary amides is 1. The number of unbranched alkanes of at least 4 members (excludes halogenated alkanes) is 1. The molecule has 0 fully saturated rings. The standard InChI is InChI=1S/C10H18N2O/c1-2-3-6-12-7-4-5-9(8-12)10(11)13/h8H,2-7H2,1H3,(H2,11,13). The van der Waals surface area contributed by atoms with Crippen molar-refractivity contribution in [2.75, 3.05) is 13.1 Å². The van der Waals surface area contributed by atoms with Gasteiger partial charge in [0.25, 0.3) is 0 Å². The van der Waals surface area contributed by atoms with Crippen molar-refractivity contribution < 1.29 is 4.79 Å². The van der Waals surface area contributed by atoms with Crippen LogP contribution in [0.1, 0.15) is 32.6 Å². The molecule has 1 aliphatic heterocycles. The summed E-state index contributed by atoms with van der Waals surface area (Å²) in [5.41, 5.74) is 6.00. The molecule has 2 N–H and O–H groups in total. The second kappa shape index (κ2) is 4.90. The van der Waals surface area contributed by atoms with E-state index in [-0.39, 0.29) is 5.91 Å². The Bertz CT molecular complexity index is 211. The number of hydrogen-bond donors (Lipinski definition) is 1. The Hall–Kier alpha value is -0.990. The second-order valence-corrected chi connectivity index (χ2v) is 3.51. The number of hydrogen-bond acceptors (Lipinski definition) is 2. The summed E-state index contributed by atoms with van der Waals surface area (Å²) in [6.45, 7) is 4.28. The summed E-state index contributed by atoms with van der Waals surface area (Å²) in [7, 11) is 0. The molecular formula is C10H18N2O. The van der Waals surface area contributed by atoms with Crippen LogP contribution < -0.4 is 5.73 Å². The predicted octanol–water partition coefficient (Wildman–Crippen LogP) is 1.25. The number of nitrogens with two attached hydrogens (primary N) is 1. The summed E-state index contributed by atoms with van der Waals surface area (Å²) >= 11 is 0. The maximum atomic E-state index is 10.9. The number of nitrogens with zero attached hydrogens (tertiary/aromatic N) is 1. The van der Waals surface area contributed by atoms with Crippen LogP contribution in [0.15, 0.2) is 11.8 Å². The highest BCUT2D eigenvalue weighted by Crippen LogP contribution is 2.14. The van der Waals surface area contributed by atoms with E-state index < -0.39 is 0 Å². The van der Waals surface area contributed by atoms with Crippen molar-refractivity contribution >= 4 is 5.91 Å². The molecule has 0 radical (unpaired) electrons. The van der Waals surface area contributed by atoms with E-state index in [1.165, 1.54) is 12.8 Å². The van der Waals surface area contributed by atoms with Gasteiger partial charge in [-0.25, -0.2) is 0 Å². The molecule has 1 amide bonds. The molecule has 13 heavy (non-hydrogen) atoms. The zero-order valence-electron chi connectivity index (χ0n) is 8.25. The minimum atomic E-state index is -0.263. The van der Waals surface area contributed by atoms with Crippen molar-refractivity contribution in [1.82, 2.24) is 4.90 Å². The van der Waals surface area contributed by atoms with Gasteiger partial charge in [-0.15, -0.1) is 0 Å². The smallest absolute Gasteiger partial charge is 0.246 e. The summed E-state index contributed by atoms with van der Waals surface area (Å²) in [6, 6.07) is 0. The highest BCUT2D eigenvalue weighted by molar-refractivity contribution is 5.91. The largest absolute Gasteiger partial charge is 0.377 e. The first kappa shape index (κ1) is 10.1. The van der Waals surface area contributed by atoms with Crippen molar-refractivity contribution in [3.8, 4) is 0 Å². The third kappa shape index (κ3) is 3.09. The van der Waals surface area contributed by atoms with E-state index in [9.17, 15) is 4.79 Å². The van der Waals surface area contributed by atoms with E-state index in [0.717, 1.165) is 31.5 Å². The van der Waals surface area contributed by atoms with Gasteiger partial charge in [0.1, 0.15) is 0 Å². The summed E-state index contributed by atoms with van der Waals surface area (Å²) < 4.78 is 0. The Morgan fingerprint density at radius 3 is 3.08 bits per heavy atom. The Labute approximate surface area is 79.6 Å². The van der Waals surface area contributed by atoms with Gasteiger partial charge in [0.15, 0.2) is 0 Å². The van der Waals surface area contributed by atoms with E-state index in [4.69, 9.17) is 5.73 Å². The normalized spacial score (nSPS) is 17.0. The van der Waals surface area contributed by atoms with Gasteiger partial charge in [0, 0.05) is 24.9 Å². The minimum Gasteiger partial charge on any atom is -0.377 e. The molecule has 0 atom stereocenters. The van der Waals surface area contributed by atoms with Gasteiger partial charge in [-0.1, -0.05) is 13.3 Å². The molecule has 3 nitrogen and oxygen atoms in total. The minimum absolute atomic E-state index is 0.263. The molecule has 1 rings (SSSR count). The Morgan fingerprint density at radius 1 is 1.69 bits per heavy atom. The third-order valence-corrected chi connectivity index (χ3v) is 2.35. The van der Waals surface area contributed by atoms with Gasteiger partial charge in [-0.2, -0.15) is 0 Å². The first-order chi connectivity index (χ1) is 6.24. The zero-order valence-corrected chi connectivity index (χ0v) is 8.25. The van der Waals surface area contributed by atoms with Gasteiger partial charge >= 0.3 is 0 Å². The lowest BCUT2D eigenvalue weighted by molar-refractivity contribution is -0.114. The van der Waals surface area contributed by atoms with Crippen LogP contribution in [0.3, 0.4) is 0 Å². The third-order valence-electron chi connectivity index (χ3n) is 2.35. The van der Waals surface area contributed by atoms with Crippen LogP contribution >= 0.6 is 0 Å². The number of carbonyl (C=O) groups excluding carboxylic acids is 1. The maximum Gasteiger partial charge on any atom is 0.246 e. The lowest BCUT2D eigenvalue weighted by Crippen LogP contribution is -2.27. The van der Waals surface area contributed by atoms with Crippen LogP contribution in [0.4, 0.5) is 0 Å². The number of amides is 1. The molecule has 0 saturated carbocycles. The monoisotopic (exact) mass is 182 g/mol. The van der Waals surface area contributed by atoms with Crippen LogP contribution in [-0.4, -0.2) is 23.9 Å². The molecule has 0 aromatic rings. The van der Waals surface area contributed by atoms with Crippen molar-refractivity contribution in [3.63, 3.8) is 0 Å². The molecule has 0 bridgehead atoms. The van der Waals surface area contributed by atoms with Gasteiger partial charge in [-0.3, -0.25) is 4.79 Å². The maximum absolute atomic E-state index is 10.9. The average Bonchev–Trinajstić information content (AvgIpc) is 2.15. The van der Waals surface area contributed by atoms with Crippen molar-refractivity contribution in [2.45, 2.75) is 32.6 Å². The van der Waals surface area contributed by atoms with Crippen LogP contribution in [-0.2, 0) is 4.79 Å². The number of rotatable bonds is 4. The number of carbonyl (C=O) groups is 1. The van der Waals surface area contributed by atoms with Gasteiger partial charge in [0.05, 0.1) is 0 Å². The fourth-order valence-electron chi connectivity index (χ4n) is 1.55. The van der Waals surface area contributed by atoms with Crippen molar-refractivity contribution in [3.05, 3.63) is 11.8 Å². The molecule has 1 aliphatic rings. The Balaban J connectivity index is 2.47. The summed E-state index contributed by atoms with van der Waals surface area (Å²) in [6.07, 6.45) is 6.21. The second-order valence-electron chi connectivity index (χ2n) is 3.51. The van der Waals surface area contributed by atoms with Gasteiger partial charge in [0.2, 0.25) is 5.91 Å². The molecule has 0 aromatic carbocycles. The molecule has 0 aliphatic carbocycles. The predicted molar refractivity (Wildman–Crippen MR) is 53.0 cm³/mol. The van der Waals surface area contributed by atoms with Crippen LogP contribution in [0, 0.1) is 0 Å². The lowest BCUT2D eigenvalue weighted by atomic mass is 10.1. The van der Waals surface area contributed by atoms with Crippen LogP contribution in [0.25, 0.3) is 0 Å². The fourth-order valence-corrected chi connectivity index (χ4v) is 1.55. The Morgan fingerprint density at radius 2 is 2.46 bits per heavy atom. The van der Waals surface area contributed by atoms with Crippen LogP contribution in [0.5, 0.6) is 0 Å². The molecule has 0 unspecified atom stereocenters. The summed E-state index contributed by atoms with van der Waals surface area (Å²) in [5, 5.41) is 0. The van der Waals surface area contributed by atoms with E-state index in [1.54, 1.807) is 0 Å². The molecule has 1 heterocycles. The molecule has 0 spiro atoms.